The molecule has 0 spiro atoms. The van der Waals surface area contributed by atoms with Crippen LogP contribution in [0.25, 0.3) is 0 Å². The first-order chi connectivity index (χ1) is 9.71. The fourth-order valence-corrected chi connectivity index (χ4v) is 3.87. The van der Waals surface area contributed by atoms with Crippen molar-refractivity contribution in [3.8, 4) is 0 Å². The average molecular weight is 264 g/mol. The van der Waals surface area contributed by atoms with E-state index in [2.05, 4.69) is 68.4 Å². The number of rotatable bonds is 2. The summed E-state index contributed by atoms with van der Waals surface area (Å²) in [5.74, 6) is 0.810. The van der Waals surface area contributed by atoms with E-state index in [1.54, 1.807) is 0 Å². The number of hydrogen-bond acceptors (Lipinski definition) is 0. The molecule has 0 aromatic heterocycles. The van der Waals surface area contributed by atoms with Gasteiger partial charge in [0, 0.05) is 5.41 Å². The largest absolute Gasteiger partial charge is 0.0625 e. The Balaban J connectivity index is 2.10. The van der Waals surface area contributed by atoms with Crippen molar-refractivity contribution in [3.05, 3.63) is 71.3 Å². The smallest absolute Gasteiger partial charge is 0.0205 e. The van der Waals surface area contributed by atoms with Gasteiger partial charge in [0.1, 0.15) is 0 Å². The number of benzene rings is 2. The Bertz CT molecular complexity index is 552. The summed E-state index contributed by atoms with van der Waals surface area (Å²) in [6, 6.07) is 20.4. The standard InChI is InChI=1S/C20H24/c1-16-10-12-19(13-11-16)20(14-6-7-17(2)15-20)18-8-4-3-5-9-18/h3-5,8-13,17H,6-7,14-15H2,1-2H3. The Morgan fingerprint density at radius 1 is 0.900 bits per heavy atom. The molecule has 104 valence electrons. The Hall–Kier alpha value is -1.56. The summed E-state index contributed by atoms with van der Waals surface area (Å²) in [6.45, 7) is 4.58. The zero-order valence-electron chi connectivity index (χ0n) is 12.6. The molecular weight excluding hydrogens is 240 g/mol. The maximum Gasteiger partial charge on any atom is 0.0205 e. The van der Waals surface area contributed by atoms with Gasteiger partial charge in [-0.1, -0.05) is 79.9 Å². The predicted molar refractivity (Wildman–Crippen MR) is 86.0 cm³/mol. The first kappa shape index (κ1) is 13.4. The molecule has 1 aliphatic rings. The van der Waals surface area contributed by atoms with Crippen LogP contribution in [0, 0.1) is 12.8 Å². The van der Waals surface area contributed by atoms with Crippen LogP contribution in [0.4, 0.5) is 0 Å². The van der Waals surface area contributed by atoms with E-state index in [-0.39, 0.29) is 5.41 Å². The van der Waals surface area contributed by atoms with Crippen molar-refractivity contribution in [2.24, 2.45) is 5.92 Å². The highest BCUT2D eigenvalue weighted by molar-refractivity contribution is 5.40. The van der Waals surface area contributed by atoms with Crippen LogP contribution >= 0.6 is 0 Å². The van der Waals surface area contributed by atoms with Crippen molar-refractivity contribution in [2.45, 2.75) is 44.9 Å². The van der Waals surface area contributed by atoms with Crippen LogP contribution in [0.3, 0.4) is 0 Å². The zero-order valence-corrected chi connectivity index (χ0v) is 12.6. The summed E-state index contributed by atoms with van der Waals surface area (Å²) in [5.41, 5.74) is 4.57. The lowest BCUT2D eigenvalue weighted by molar-refractivity contribution is 0.272. The second-order valence-electron chi connectivity index (χ2n) is 6.52. The molecule has 2 aromatic rings. The van der Waals surface area contributed by atoms with Gasteiger partial charge in [0.25, 0.3) is 0 Å². The van der Waals surface area contributed by atoms with Crippen molar-refractivity contribution >= 4 is 0 Å². The lowest BCUT2D eigenvalue weighted by Crippen LogP contribution is -2.33. The van der Waals surface area contributed by atoms with Gasteiger partial charge in [-0.15, -0.1) is 0 Å². The topological polar surface area (TPSA) is 0 Å². The summed E-state index contributed by atoms with van der Waals surface area (Å²) in [5, 5.41) is 0. The van der Waals surface area contributed by atoms with E-state index in [0.717, 1.165) is 5.92 Å². The van der Waals surface area contributed by atoms with Gasteiger partial charge in [0.2, 0.25) is 0 Å². The highest BCUT2D eigenvalue weighted by atomic mass is 14.4. The minimum absolute atomic E-state index is 0.229. The van der Waals surface area contributed by atoms with E-state index >= 15 is 0 Å². The Kier molecular flexibility index (Phi) is 3.65. The highest BCUT2D eigenvalue weighted by Crippen LogP contribution is 2.46. The van der Waals surface area contributed by atoms with E-state index in [1.807, 2.05) is 0 Å². The third kappa shape index (κ3) is 2.40. The molecule has 1 fully saturated rings. The van der Waals surface area contributed by atoms with Gasteiger partial charge in [-0.2, -0.15) is 0 Å². The lowest BCUT2D eigenvalue weighted by atomic mass is 9.62. The Morgan fingerprint density at radius 3 is 2.20 bits per heavy atom. The maximum atomic E-state index is 2.41. The van der Waals surface area contributed by atoms with Crippen LogP contribution in [-0.4, -0.2) is 0 Å². The van der Waals surface area contributed by atoms with Crippen molar-refractivity contribution in [1.82, 2.24) is 0 Å². The van der Waals surface area contributed by atoms with Gasteiger partial charge in [-0.25, -0.2) is 0 Å². The third-order valence-electron chi connectivity index (χ3n) is 4.93. The van der Waals surface area contributed by atoms with Crippen LogP contribution in [0.1, 0.15) is 49.3 Å². The van der Waals surface area contributed by atoms with Crippen molar-refractivity contribution < 1.29 is 0 Å². The summed E-state index contributed by atoms with van der Waals surface area (Å²) < 4.78 is 0. The molecule has 2 atom stereocenters. The number of aryl methyl sites for hydroxylation is 1. The molecule has 0 radical (unpaired) electrons. The van der Waals surface area contributed by atoms with Gasteiger partial charge in [0.05, 0.1) is 0 Å². The molecule has 0 amide bonds. The first-order valence-corrected chi connectivity index (χ1v) is 7.83. The van der Waals surface area contributed by atoms with Gasteiger partial charge >= 0.3 is 0 Å². The highest BCUT2D eigenvalue weighted by Gasteiger charge is 2.37. The fourth-order valence-electron chi connectivity index (χ4n) is 3.87. The molecule has 20 heavy (non-hydrogen) atoms. The van der Waals surface area contributed by atoms with E-state index in [0.29, 0.717) is 0 Å². The summed E-state index contributed by atoms with van der Waals surface area (Å²) >= 11 is 0. The summed E-state index contributed by atoms with van der Waals surface area (Å²) in [4.78, 5) is 0. The molecule has 0 heterocycles. The SMILES string of the molecule is Cc1ccc(C2(c3ccccc3)CCCC(C)C2)cc1. The first-order valence-electron chi connectivity index (χ1n) is 7.83. The van der Waals surface area contributed by atoms with Crippen molar-refractivity contribution in [3.63, 3.8) is 0 Å². The molecule has 0 bridgehead atoms. The van der Waals surface area contributed by atoms with E-state index in [9.17, 15) is 0 Å². The average Bonchev–Trinajstić information content (AvgIpc) is 2.49. The second kappa shape index (κ2) is 5.44. The number of hydrogen-bond donors (Lipinski definition) is 0. The maximum absolute atomic E-state index is 2.41. The van der Waals surface area contributed by atoms with E-state index in [1.165, 1.54) is 42.4 Å². The second-order valence-corrected chi connectivity index (χ2v) is 6.52. The molecule has 2 aromatic carbocycles. The van der Waals surface area contributed by atoms with E-state index < -0.39 is 0 Å². The third-order valence-corrected chi connectivity index (χ3v) is 4.93. The minimum atomic E-state index is 0.229. The molecule has 0 N–H and O–H groups in total. The van der Waals surface area contributed by atoms with Gasteiger partial charge in [-0.3, -0.25) is 0 Å². The quantitative estimate of drug-likeness (QED) is 0.672. The lowest BCUT2D eigenvalue weighted by Gasteiger charge is -2.41. The van der Waals surface area contributed by atoms with Gasteiger partial charge < -0.3 is 0 Å². The fraction of sp³-hybridized carbons (Fsp3) is 0.400. The molecule has 0 saturated heterocycles. The summed E-state index contributed by atoms with van der Waals surface area (Å²) in [6.07, 6.45) is 5.27. The molecule has 0 nitrogen and oxygen atoms in total. The minimum Gasteiger partial charge on any atom is -0.0625 e. The van der Waals surface area contributed by atoms with Crippen LogP contribution < -0.4 is 0 Å². The van der Waals surface area contributed by atoms with Crippen LogP contribution in [-0.2, 0) is 5.41 Å². The molecule has 1 saturated carbocycles. The summed E-state index contributed by atoms with van der Waals surface area (Å²) in [7, 11) is 0. The molecule has 1 aliphatic carbocycles. The Labute approximate surface area is 122 Å². The van der Waals surface area contributed by atoms with Gasteiger partial charge in [-0.05, 0) is 36.8 Å². The molecule has 3 rings (SSSR count). The normalized spacial score (nSPS) is 26.4. The predicted octanol–water partition coefficient (Wildman–Crippen LogP) is 5.49. The van der Waals surface area contributed by atoms with E-state index in [4.69, 9.17) is 0 Å². The van der Waals surface area contributed by atoms with Crippen LogP contribution in [0.5, 0.6) is 0 Å². The molecular formula is C20H24. The molecule has 0 aliphatic heterocycles. The van der Waals surface area contributed by atoms with Crippen molar-refractivity contribution in [2.75, 3.05) is 0 Å². The van der Waals surface area contributed by atoms with Crippen LogP contribution in [0.2, 0.25) is 0 Å². The monoisotopic (exact) mass is 264 g/mol. The molecule has 0 heteroatoms. The zero-order chi connectivity index (χ0) is 14.0. The molecule has 2 unspecified atom stereocenters. The van der Waals surface area contributed by atoms with Crippen molar-refractivity contribution in [1.29, 1.82) is 0 Å². The Morgan fingerprint density at radius 2 is 1.55 bits per heavy atom. The van der Waals surface area contributed by atoms with Gasteiger partial charge in [0.15, 0.2) is 0 Å². The van der Waals surface area contributed by atoms with Crippen LogP contribution in [0.15, 0.2) is 54.6 Å².